The van der Waals surface area contributed by atoms with Gasteiger partial charge in [0.15, 0.2) is 0 Å². The summed E-state index contributed by atoms with van der Waals surface area (Å²) < 4.78 is 0. The Morgan fingerprint density at radius 1 is 1.14 bits per heavy atom. The Bertz CT molecular complexity index is 488. The van der Waals surface area contributed by atoms with Crippen LogP contribution in [-0.4, -0.2) is 46.4 Å². The topological polar surface area (TPSA) is 23.6 Å². The van der Waals surface area contributed by atoms with Crippen molar-refractivity contribution in [3.8, 4) is 0 Å². The minimum atomic E-state index is -0.114. The van der Waals surface area contributed by atoms with Crippen LogP contribution >= 0.6 is 0 Å². The number of carbonyl (C=O) groups is 1. The van der Waals surface area contributed by atoms with Crippen LogP contribution in [0.4, 0.5) is 0 Å². The zero-order valence-electron chi connectivity index (χ0n) is 14.0. The highest BCUT2D eigenvalue weighted by Gasteiger charge is 2.39. The SMILES string of the molecule is CC(C)(C)N1CCN(C(=O)Cc2ccccc2)C(C)(C)C1. The van der Waals surface area contributed by atoms with Gasteiger partial charge in [0.25, 0.3) is 0 Å². The third-order valence-corrected chi connectivity index (χ3v) is 4.35. The predicted molar refractivity (Wildman–Crippen MR) is 87.3 cm³/mol. The standard InChI is InChI=1S/C18H28N2O/c1-17(2,3)19-11-12-20(18(4,5)14-19)16(21)13-15-9-7-6-8-10-15/h6-10H,11-14H2,1-5H3. The number of nitrogens with zero attached hydrogens (tertiary/aromatic N) is 2. The van der Waals surface area contributed by atoms with Crippen molar-refractivity contribution < 1.29 is 4.79 Å². The molecular weight excluding hydrogens is 260 g/mol. The van der Waals surface area contributed by atoms with E-state index in [1.54, 1.807) is 0 Å². The lowest BCUT2D eigenvalue weighted by Gasteiger charge is -2.51. The summed E-state index contributed by atoms with van der Waals surface area (Å²) in [5.41, 5.74) is 1.14. The number of carbonyl (C=O) groups excluding carboxylic acids is 1. The first kappa shape index (κ1) is 16.0. The normalized spacial score (nSPS) is 19.6. The van der Waals surface area contributed by atoms with E-state index in [4.69, 9.17) is 0 Å². The first-order chi connectivity index (χ1) is 9.70. The van der Waals surface area contributed by atoms with E-state index < -0.39 is 0 Å². The number of benzene rings is 1. The number of rotatable bonds is 2. The van der Waals surface area contributed by atoms with Crippen LogP contribution in [0.25, 0.3) is 0 Å². The van der Waals surface area contributed by atoms with Gasteiger partial charge in [0.1, 0.15) is 0 Å². The van der Waals surface area contributed by atoms with Gasteiger partial charge in [-0.15, -0.1) is 0 Å². The number of hydrogen-bond donors (Lipinski definition) is 0. The highest BCUT2D eigenvalue weighted by atomic mass is 16.2. The van der Waals surface area contributed by atoms with E-state index >= 15 is 0 Å². The largest absolute Gasteiger partial charge is 0.335 e. The Kier molecular flexibility index (Phi) is 4.43. The van der Waals surface area contributed by atoms with Gasteiger partial charge in [-0.3, -0.25) is 9.69 Å². The zero-order chi connectivity index (χ0) is 15.7. The van der Waals surface area contributed by atoms with Crippen molar-refractivity contribution in [2.75, 3.05) is 19.6 Å². The summed E-state index contributed by atoms with van der Waals surface area (Å²) in [6, 6.07) is 10.0. The molecule has 0 radical (unpaired) electrons. The number of amides is 1. The molecule has 1 amide bonds. The van der Waals surface area contributed by atoms with Gasteiger partial charge >= 0.3 is 0 Å². The van der Waals surface area contributed by atoms with Gasteiger partial charge in [-0.2, -0.15) is 0 Å². The van der Waals surface area contributed by atoms with Crippen LogP contribution in [0.1, 0.15) is 40.2 Å². The minimum absolute atomic E-state index is 0.114. The molecule has 1 heterocycles. The van der Waals surface area contributed by atoms with Gasteiger partial charge in [-0.05, 0) is 40.2 Å². The number of piperazine rings is 1. The average molecular weight is 288 g/mol. The Morgan fingerprint density at radius 2 is 1.76 bits per heavy atom. The van der Waals surface area contributed by atoms with Gasteiger partial charge in [-0.1, -0.05) is 30.3 Å². The quantitative estimate of drug-likeness (QED) is 0.835. The maximum atomic E-state index is 12.6. The molecule has 2 rings (SSSR count). The molecule has 21 heavy (non-hydrogen) atoms. The second-order valence-electron chi connectivity index (χ2n) is 7.61. The summed E-state index contributed by atoms with van der Waals surface area (Å²) >= 11 is 0. The van der Waals surface area contributed by atoms with E-state index in [0.29, 0.717) is 6.42 Å². The summed E-state index contributed by atoms with van der Waals surface area (Å²) in [4.78, 5) is 17.2. The lowest BCUT2D eigenvalue weighted by Crippen LogP contribution is -2.64. The van der Waals surface area contributed by atoms with E-state index in [0.717, 1.165) is 25.2 Å². The maximum Gasteiger partial charge on any atom is 0.227 e. The van der Waals surface area contributed by atoms with E-state index in [1.165, 1.54) is 0 Å². The molecule has 0 saturated carbocycles. The Balaban J connectivity index is 2.06. The predicted octanol–water partition coefficient (Wildman–Crippen LogP) is 2.95. The molecule has 0 aromatic heterocycles. The molecule has 3 nitrogen and oxygen atoms in total. The van der Waals surface area contributed by atoms with Crippen LogP contribution in [0.3, 0.4) is 0 Å². The van der Waals surface area contributed by atoms with Crippen LogP contribution in [0.2, 0.25) is 0 Å². The van der Waals surface area contributed by atoms with Crippen molar-refractivity contribution in [2.24, 2.45) is 0 Å². The summed E-state index contributed by atoms with van der Waals surface area (Å²) in [6.45, 7) is 13.8. The molecule has 0 N–H and O–H groups in total. The van der Waals surface area contributed by atoms with Gasteiger partial charge in [-0.25, -0.2) is 0 Å². The molecule has 0 atom stereocenters. The van der Waals surface area contributed by atoms with Gasteiger partial charge in [0.2, 0.25) is 5.91 Å². The molecule has 1 saturated heterocycles. The molecule has 1 aliphatic heterocycles. The highest BCUT2D eigenvalue weighted by molar-refractivity contribution is 5.79. The Morgan fingerprint density at radius 3 is 2.29 bits per heavy atom. The third-order valence-electron chi connectivity index (χ3n) is 4.35. The molecule has 0 bridgehead atoms. The lowest BCUT2D eigenvalue weighted by atomic mass is 9.93. The van der Waals surface area contributed by atoms with Gasteiger partial charge < -0.3 is 4.90 Å². The smallest absolute Gasteiger partial charge is 0.227 e. The van der Waals surface area contributed by atoms with Crippen LogP contribution in [0.5, 0.6) is 0 Å². The fourth-order valence-electron chi connectivity index (χ4n) is 3.06. The number of hydrogen-bond acceptors (Lipinski definition) is 2. The molecule has 0 unspecified atom stereocenters. The molecule has 1 aromatic carbocycles. The Hall–Kier alpha value is -1.35. The van der Waals surface area contributed by atoms with Crippen molar-refractivity contribution >= 4 is 5.91 Å². The molecule has 3 heteroatoms. The first-order valence-electron chi connectivity index (χ1n) is 7.79. The fourth-order valence-corrected chi connectivity index (χ4v) is 3.06. The van der Waals surface area contributed by atoms with Crippen LogP contribution in [0, 0.1) is 0 Å². The van der Waals surface area contributed by atoms with Crippen molar-refractivity contribution in [3.63, 3.8) is 0 Å². The van der Waals surface area contributed by atoms with Crippen LogP contribution in [-0.2, 0) is 11.2 Å². The molecule has 1 aromatic rings. The summed E-state index contributed by atoms with van der Waals surface area (Å²) in [5, 5.41) is 0. The second kappa shape index (κ2) is 5.80. The zero-order valence-corrected chi connectivity index (χ0v) is 14.0. The van der Waals surface area contributed by atoms with Crippen molar-refractivity contribution in [1.82, 2.24) is 9.80 Å². The summed E-state index contributed by atoms with van der Waals surface area (Å²) in [6.07, 6.45) is 0.500. The summed E-state index contributed by atoms with van der Waals surface area (Å²) in [5.74, 6) is 0.236. The highest BCUT2D eigenvalue weighted by Crippen LogP contribution is 2.26. The second-order valence-corrected chi connectivity index (χ2v) is 7.61. The van der Waals surface area contributed by atoms with Gasteiger partial charge in [0, 0.05) is 30.7 Å². The molecule has 0 aliphatic carbocycles. The maximum absolute atomic E-state index is 12.6. The van der Waals surface area contributed by atoms with E-state index in [2.05, 4.69) is 44.4 Å². The third kappa shape index (κ3) is 3.85. The molecule has 0 spiro atoms. The fraction of sp³-hybridized carbons (Fsp3) is 0.611. The minimum Gasteiger partial charge on any atom is -0.335 e. The molecular formula is C18H28N2O. The lowest BCUT2D eigenvalue weighted by molar-refractivity contribution is -0.141. The average Bonchev–Trinajstić information content (AvgIpc) is 2.37. The van der Waals surface area contributed by atoms with Gasteiger partial charge in [0.05, 0.1) is 6.42 Å². The van der Waals surface area contributed by atoms with Crippen molar-refractivity contribution in [1.29, 1.82) is 0 Å². The molecule has 1 aliphatic rings. The van der Waals surface area contributed by atoms with E-state index in [1.807, 2.05) is 30.3 Å². The molecule has 1 fully saturated rings. The van der Waals surface area contributed by atoms with Crippen LogP contribution < -0.4 is 0 Å². The first-order valence-corrected chi connectivity index (χ1v) is 7.79. The van der Waals surface area contributed by atoms with Crippen LogP contribution in [0.15, 0.2) is 30.3 Å². The molecule has 116 valence electrons. The van der Waals surface area contributed by atoms with Crippen molar-refractivity contribution in [2.45, 2.75) is 52.1 Å². The van der Waals surface area contributed by atoms with Crippen molar-refractivity contribution in [3.05, 3.63) is 35.9 Å². The monoisotopic (exact) mass is 288 g/mol. The summed E-state index contributed by atoms with van der Waals surface area (Å²) in [7, 11) is 0. The van der Waals surface area contributed by atoms with E-state index in [9.17, 15) is 4.79 Å². The Labute approximate surface area is 128 Å². The van der Waals surface area contributed by atoms with E-state index in [-0.39, 0.29) is 17.0 Å².